The number of anilines is 1. The lowest BCUT2D eigenvalue weighted by Gasteiger charge is -2.22. The first kappa shape index (κ1) is 22.4. The number of carbonyl (C=O) groups is 1. The van der Waals surface area contributed by atoms with E-state index in [1.807, 2.05) is 36.4 Å². The highest BCUT2D eigenvalue weighted by atomic mass is 32.1. The normalized spacial score (nSPS) is 10.7. The number of hydrogen-bond acceptors (Lipinski definition) is 7. The first-order valence-corrected chi connectivity index (χ1v) is 11.0. The van der Waals surface area contributed by atoms with E-state index in [0.717, 1.165) is 10.3 Å². The number of ether oxygens (including phenoxy) is 4. The van der Waals surface area contributed by atoms with Gasteiger partial charge in [0.25, 0.3) is 5.91 Å². The van der Waals surface area contributed by atoms with Crippen molar-refractivity contribution >= 4 is 32.6 Å². The third-order valence-electron chi connectivity index (χ3n) is 5.19. The second-order valence-corrected chi connectivity index (χ2v) is 8.04. The third-order valence-corrected chi connectivity index (χ3v) is 6.28. The molecule has 0 fully saturated rings. The average Bonchev–Trinajstić information content (AvgIpc) is 3.31. The molecule has 0 N–H and O–H groups in total. The van der Waals surface area contributed by atoms with Gasteiger partial charge in [-0.25, -0.2) is 4.98 Å². The summed E-state index contributed by atoms with van der Waals surface area (Å²) in [5.74, 6) is 1.88. The third kappa shape index (κ3) is 4.29. The molecule has 0 bridgehead atoms. The Kier molecular flexibility index (Phi) is 6.65. The van der Waals surface area contributed by atoms with E-state index in [4.69, 9.17) is 23.9 Å². The van der Waals surface area contributed by atoms with Crippen LogP contribution in [-0.2, 0) is 6.54 Å². The van der Waals surface area contributed by atoms with Gasteiger partial charge in [0.15, 0.2) is 16.6 Å². The number of carbonyl (C=O) groups excluding carboxylic acids is 1. The summed E-state index contributed by atoms with van der Waals surface area (Å²) in [6, 6.07) is 18.6. The van der Waals surface area contributed by atoms with Crippen LogP contribution in [0.3, 0.4) is 0 Å². The monoisotopic (exact) mass is 464 g/mol. The van der Waals surface area contributed by atoms with Crippen molar-refractivity contribution in [2.75, 3.05) is 33.3 Å². The zero-order chi connectivity index (χ0) is 23.4. The first-order chi connectivity index (χ1) is 16.1. The molecule has 0 spiro atoms. The second-order valence-electron chi connectivity index (χ2n) is 7.06. The van der Waals surface area contributed by atoms with E-state index in [9.17, 15) is 4.79 Å². The minimum Gasteiger partial charge on any atom is -0.495 e. The van der Waals surface area contributed by atoms with E-state index in [1.54, 1.807) is 50.5 Å². The summed E-state index contributed by atoms with van der Waals surface area (Å²) in [4.78, 5) is 20.3. The van der Waals surface area contributed by atoms with Crippen LogP contribution in [0.4, 0.5) is 5.13 Å². The van der Waals surface area contributed by atoms with E-state index in [1.165, 1.54) is 18.4 Å². The number of benzene rings is 3. The molecule has 1 heterocycles. The Morgan fingerprint density at radius 2 is 1.52 bits per heavy atom. The van der Waals surface area contributed by atoms with E-state index < -0.39 is 0 Å². The fourth-order valence-corrected chi connectivity index (χ4v) is 4.66. The molecular formula is C25H24N2O5S. The van der Waals surface area contributed by atoms with Crippen molar-refractivity contribution in [1.82, 2.24) is 4.98 Å². The Hall–Kier alpha value is -3.78. The molecule has 0 aliphatic heterocycles. The van der Waals surface area contributed by atoms with Crippen molar-refractivity contribution in [3.63, 3.8) is 0 Å². The first-order valence-electron chi connectivity index (χ1n) is 10.2. The largest absolute Gasteiger partial charge is 0.495 e. The lowest BCUT2D eigenvalue weighted by atomic mass is 10.1. The van der Waals surface area contributed by atoms with Crippen LogP contribution in [0.1, 0.15) is 15.9 Å². The fraction of sp³-hybridized carbons (Fsp3) is 0.200. The molecule has 0 atom stereocenters. The maximum Gasteiger partial charge on any atom is 0.264 e. The minimum absolute atomic E-state index is 0.258. The van der Waals surface area contributed by atoms with Crippen molar-refractivity contribution < 1.29 is 23.7 Å². The van der Waals surface area contributed by atoms with Gasteiger partial charge in [0.2, 0.25) is 0 Å². The molecule has 1 amide bonds. The standard InChI is InChI=1S/C25H24N2O5S/c1-29-18-13-14-20(31-3)23-21(18)26-25(33-23)27(15-16-9-6-5-7-10-16)24(28)17-11-8-12-19(30-2)22(17)32-4/h5-14H,15H2,1-4H3. The molecule has 0 unspecified atom stereocenters. The van der Waals surface area contributed by atoms with Crippen LogP contribution in [0.25, 0.3) is 10.2 Å². The molecule has 4 aromatic rings. The van der Waals surface area contributed by atoms with Gasteiger partial charge in [-0.3, -0.25) is 9.69 Å². The summed E-state index contributed by atoms with van der Waals surface area (Å²) in [6.07, 6.45) is 0. The molecule has 0 aliphatic rings. The molecule has 0 radical (unpaired) electrons. The molecule has 7 nitrogen and oxygen atoms in total. The van der Waals surface area contributed by atoms with Crippen LogP contribution >= 0.6 is 11.3 Å². The summed E-state index contributed by atoms with van der Waals surface area (Å²) in [6.45, 7) is 0.324. The van der Waals surface area contributed by atoms with Crippen LogP contribution in [0.5, 0.6) is 23.0 Å². The SMILES string of the molecule is COc1cccc(C(=O)N(Cc2ccccc2)c2nc3c(OC)ccc(OC)c3s2)c1OC. The van der Waals surface area contributed by atoms with Gasteiger partial charge in [-0.05, 0) is 29.8 Å². The van der Waals surface area contributed by atoms with Gasteiger partial charge in [-0.1, -0.05) is 47.7 Å². The van der Waals surface area contributed by atoms with Gasteiger partial charge in [-0.2, -0.15) is 0 Å². The van der Waals surface area contributed by atoms with Crippen LogP contribution in [-0.4, -0.2) is 39.3 Å². The predicted octanol–water partition coefficient (Wildman–Crippen LogP) is 5.18. The number of fused-ring (bicyclic) bond motifs is 1. The van der Waals surface area contributed by atoms with E-state index in [0.29, 0.717) is 45.8 Å². The molecule has 0 aliphatic carbocycles. The predicted molar refractivity (Wildman–Crippen MR) is 129 cm³/mol. The smallest absolute Gasteiger partial charge is 0.264 e. The second kappa shape index (κ2) is 9.79. The number of thiazole rings is 1. The molecular weight excluding hydrogens is 440 g/mol. The van der Waals surface area contributed by atoms with Gasteiger partial charge in [-0.15, -0.1) is 0 Å². The van der Waals surface area contributed by atoms with Crippen molar-refractivity contribution in [3.8, 4) is 23.0 Å². The minimum atomic E-state index is -0.258. The lowest BCUT2D eigenvalue weighted by Crippen LogP contribution is -2.30. The van der Waals surface area contributed by atoms with Crippen LogP contribution < -0.4 is 23.8 Å². The zero-order valence-electron chi connectivity index (χ0n) is 18.8. The summed E-state index contributed by atoms with van der Waals surface area (Å²) >= 11 is 1.37. The molecule has 4 rings (SSSR count). The summed E-state index contributed by atoms with van der Waals surface area (Å²) < 4.78 is 22.7. The van der Waals surface area contributed by atoms with Crippen molar-refractivity contribution in [1.29, 1.82) is 0 Å². The summed E-state index contributed by atoms with van der Waals surface area (Å²) in [5.41, 5.74) is 1.98. The van der Waals surface area contributed by atoms with Crippen molar-refractivity contribution in [2.45, 2.75) is 6.54 Å². The lowest BCUT2D eigenvalue weighted by molar-refractivity contribution is 0.0981. The quantitative estimate of drug-likeness (QED) is 0.358. The number of methoxy groups -OCH3 is 4. The highest BCUT2D eigenvalue weighted by Gasteiger charge is 2.27. The average molecular weight is 465 g/mol. The van der Waals surface area contributed by atoms with E-state index in [2.05, 4.69) is 0 Å². The maximum absolute atomic E-state index is 13.9. The Morgan fingerprint density at radius 3 is 2.18 bits per heavy atom. The molecule has 0 saturated heterocycles. The zero-order valence-corrected chi connectivity index (χ0v) is 19.6. The topological polar surface area (TPSA) is 70.1 Å². The highest BCUT2D eigenvalue weighted by Crippen LogP contribution is 2.41. The Balaban J connectivity index is 1.87. The molecule has 0 saturated carbocycles. The molecule has 33 heavy (non-hydrogen) atoms. The van der Waals surface area contributed by atoms with E-state index in [-0.39, 0.29) is 5.91 Å². The number of rotatable bonds is 8. The van der Waals surface area contributed by atoms with Crippen LogP contribution in [0.15, 0.2) is 60.7 Å². The highest BCUT2D eigenvalue weighted by molar-refractivity contribution is 7.22. The van der Waals surface area contributed by atoms with Crippen molar-refractivity contribution in [2.24, 2.45) is 0 Å². The number of nitrogens with zero attached hydrogens (tertiary/aromatic N) is 2. The molecule has 3 aromatic carbocycles. The summed E-state index contributed by atoms with van der Waals surface area (Å²) in [5, 5.41) is 0.520. The van der Waals surface area contributed by atoms with Gasteiger partial charge in [0.05, 0.1) is 40.5 Å². The number of para-hydroxylation sites is 1. The molecule has 1 aromatic heterocycles. The van der Waals surface area contributed by atoms with E-state index >= 15 is 0 Å². The van der Waals surface area contributed by atoms with Crippen LogP contribution in [0, 0.1) is 0 Å². The number of amides is 1. The molecule has 170 valence electrons. The van der Waals surface area contributed by atoms with Gasteiger partial charge in [0, 0.05) is 0 Å². The van der Waals surface area contributed by atoms with Gasteiger partial charge in [0.1, 0.15) is 21.7 Å². The number of aromatic nitrogens is 1. The summed E-state index contributed by atoms with van der Waals surface area (Å²) in [7, 11) is 6.26. The number of hydrogen-bond donors (Lipinski definition) is 0. The van der Waals surface area contributed by atoms with Gasteiger partial charge < -0.3 is 18.9 Å². The van der Waals surface area contributed by atoms with Gasteiger partial charge >= 0.3 is 0 Å². The Bertz CT molecular complexity index is 1230. The van der Waals surface area contributed by atoms with Crippen molar-refractivity contribution in [3.05, 3.63) is 71.8 Å². The molecule has 8 heteroatoms. The maximum atomic E-state index is 13.9. The van der Waals surface area contributed by atoms with Crippen LogP contribution in [0.2, 0.25) is 0 Å². The Morgan fingerprint density at radius 1 is 0.818 bits per heavy atom. The Labute approximate surface area is 196 Å². The fourth-order valence-electron chi connectivity index (χ4n) is 3.58.